The summed E-state index contributed by atoms with van der Waals surface area (Å²) in [5, 5.41) is 11.3. The van der Waals surface area contributed by atoms with Gasteiger partial charge in [-0.1, -0.05) is 29.8 Å². The van der Waals surface area contributed by atoms with Crippen LogP contribution < -0.4 is 0 Å². The van der Waals surface area contributed by atoms with Crippen molar-refractivity contribution in [1.82, 2.24) is 14.8 Å². The molecule has 2 aromatic carbocycles. The van der Waals surface area contributed by atoms with Crippen LogP contribution in [0.15, 0.2) is 59.8 Å². The molecule has 27 heavy (non-hydrogen) atoms. The molecule has 0 amide bonds. The van der Waals surface area contributed by atoms with Gasteiger partial charge in [0.2, 0.25) is 0 Å². The molecular weight excluding hydrogens is 343 g/mol. The number of rotatable bonds is 4. The van der Waals surface area contributed by atoms with Gasteiger partial charge in [-0.15, -0.1) is 0 Å². The van der Waals surface area contributed by atoms with E-state index >= 15 is 0 Å². The van der Waals surface area contributed by atoms with Gasteiger partial charge in [0.15, 0.2) is 0 Å². The summed E-state index contributed by atoms with van der Waals surface area (Å²) in [5.41, 5.74) is 4.77. The van der Waals surface area contributed by atoms with Crippen LogP contribution in [0.4, 0.5) is 4.39 Å². The first-order valence-corrected chi connectivity index (χ1v) is 8.98. The van der Waals surface area contributed by atoms with Crippen LogP contribution in [0.5, 0.6) is 0 Å². The zero-order valence-corrected chi connectivity index (χ0v) is 15.2. The van der Waals surface area contributed by atoms with E-state index in [-0.39, 0.29) is 5.82 Å². The molecular formula is C21H21FN4O. The van der Waals surface area contributed by atoms with E-state index in [0.717, 1.165) is 35.6 Å². The van der Waals surface area contributed by atoms with Gasteiger partial charge in [0.25, 0.3) is 0 Å². The predicted molar refractivity (Wildman–Crippen MR) is 104 cm³/mol. The van der Waals surface area contributed by atoms with Gasteiger partial charge < -0.3 is 4.74 Å². The fourth-order valence-corrected chi connectivity index (χ4v) is 2.96. The minimum atomic E-state index is -0.265. The Kier molecular flexibility index (Phi) is 4.98. The molecule has 0 saturated carbocycles. The molecule has 0 unspecified atom stereocenters. The number of hydrogen-bond donors (Lipinski definition) is 0. The maximum atomic E-state index is 13.2. The third kappa shape index (κ3) is 4.06. The number of benzene rings is 2. The van der Waals surface area contributed by atoms with E-state index in [0.29, 0.717) is 13.2 Å². The Morgan fingerprint density at radius 2 is 1.74 bits per heavy atom. The molecule has 1 saturated heterocycles. The smallest absolute Gasteiger partial charge is 0.123 e. The molecule has 4 rings (SSSR count). The zero-order chi connectivity index (χ0) is 18.6. The fraction of sp³-hybridized carbons (Fsp3) is 0.238. The average molecular weight is 364 g/mol. The van der Waals surface area contributed by atoms with Gasteiger partial charge >= 0.3 is 0 Å². The van der Waals surface area contributed by atoms with E-state index in [1.54, 1.807) is 16.8 Å². The average Bonchev–Trinajstić information content (AvgIpc) is 3.12. The van der Waals surface area contributed by atoms with Crippen molar-refractivity contribution in [2.75, 3.05) is 26.3 Å². The summed E-state index contributed by atoms with van der Waals surface area (Å²) in [7, 11) is 0. The molecule has 0 bridgehead atoms. The van der Waals surface area contributed by atoms with Crippen LogP contribution in [0.1, 0.15) is 11.1 Å². The molecule has 1 aromatic heterocycles. The highest BCUT2D eigenvalue weighted by atomic mass is 19.1. The van der Waals surface area contributed by atoms with Crippen molar-refractivity contribution in [3.05, 3.63) is 71.7 Å². The van der Waals surface area contributed by atoms with Crippen molar-refractivity contribution in [1.29, 1.82) is 0 Å². The summed E-state index contributed by atoms with van der Waals surface area (Å²) < 4.78 is 20.4. The monoisotopic (exact) mass is 364 g/mol. The lowest BCUT2D eigenvalue weighted by molar-refractivity contribution is 0.0397. The number of nitrogens with zero attached hydrogens (tertiary/aromatic N) is 4. The Morgan fingerprint density at radius 3 is 2.44 bits per heavy atom. The van der Waals surface area contributed by atoms with Crippen molar-refractivity contribution in [2.24, 2.45) is 5.10 Å². The van der Waals surface area contributed by atoms with Crippen molar-refractivity contribution < 1.29 is 9.13 Å². The van der Waals surface area contributed by atoms with E-state index in [9.17, 15) is 4.39 Å². The fourth-order valence-electron chi connectivity index (χ4n) is 2.96. The highest BCUT2D eigenvalue weighted by molar-refractivity contribution is 5.88. The number of hydrazone groups is 1. The van der Waals surface area contributed by atoms with E-state index in [1.807, 2.05) is 17.4 Å². The molecule has 2 heterocycles. The minimum absolute atomic E-state index is 0.265. The van der Waals surface area contributed by atoms with Gasteiger partial charge in [0.05, 0.1) is 38.2 Å². The van der Waals surface area contributed by atoms with Crippen LogP contribution in [-0.2, 0) is 4.74 Å². The highest BCUT2D eigenvalue weighted by Gasteiger charge is 2.13. The summed E-state index contributed by atoms with van der Waals surface area (Å²) in [6.07, 6.45) is 3.76. The summed E-state index contributed by atoms with van der Waals surface area (Å²) in [5.74, 6) is -0.265. The van der Waals surface area contributed by atoms with Crippen LogP contribution in [0.2, 0.25) is 0 Å². The number of halogens is 1. The lowest BCUT2D eigenvalue weighted by Crippen LogP contribution is -2.32. The number of aromatic nitrogens is 2. The second-order valence-electron chi connectivity index (χ2n) is 6.53. The van der Waals surface area contributed by atoms with Crippen LogP contribution in [-0.4, -0.2) is 47.3 Å². The summed E-state index contributed by atoms with van der Waals surface area (Å²) in [6, 6.07) is 14.5. The number of aryl methyl sites for hydroxylation is 1. The first kappa shape index (κ1) is 17.4. The van der Waals surface area contributed by atoms with Crippen molar-refractivity contribution >= 4 is 6.21 Å². The van der Waals surface area contributed by atoms with E-state index < -0.39 is 0 Å². The lowest BCUT2D eigenvalue weighted by Gasteiger charge is -2.23. The van der Waals surface area contributed by atoms with Crippen LogP contribution >= 0.6 is 0 Å². The Bertz CT molecular complexity index is 926. The second-order valence-corrected chi connectivity index (χ2v) is 6.53. The molecule has 6 heteroatoms. The molecule has 1 fully saturated rings. The van der Waals surface area contributed by atoms with E-state index in [4.69, 9.17) is 9.84 Å². The third-order valence-electron chi connectivity index (χ3n) is 4.51. The Balaban J connectivity index is 1.71. The van der Waals surface area contributed by atoms with E-state index in [2.05, 4.69) is 36.3 Å². The van der Waals surface area contributed by atoms with Crippen LogP contribution in [0.25, 0.3) is 16.9 Å². The molecule has 0 atom stereocenters. The molecule has 0 radical (unpaired) electrons. The van der Waals surface area contributed by atoms with Gasteiger partial charge in [-0.25, -0.2) is 9.07 Å². The van der Waals surface area contributed by atoms with Gasteiger partial charge in [0.1, 0.15) is 11.5 Å². The lowest BCUT2D eigenvalue weighted by atomic mass is 10.1. The topological polar surface area (TPSA) is 42.7 Å². The molecule has 1 aliphatic rings. The second kappa shape index (κ2) is 7.72. The SMILES string of the molecule is Cc1ccc(-c2nn(-c3ccc(F)cc3)cc2/C=N\N2CCOCC2)cc1. The van der Waals surface area contributed by atoms with Gasteiger partial charge in [-0.3, -0.25) is 5.01 Å². The van der Waals surface area contributed by atoms with Crippen molar-refractivity contribution in [3.8, 4) is 16.9 Å². The maximum absolute atomic E-state index is 13.2. The van der Waals surface area contributed by atoms with Crippen molar-refractivity contribution in [3.63, 3.8) is 0 Å². The molecule has 3 aromatic rings. The molecule has 1 aliphatic heterocycles. The molecule has 5 nitrogen and oxygen atoms in total. The Labute approximate surface area is 157 Å². The largest absolute Gasteiger partial charge is 0.378 e. The minimum Gasteiger partial charge on any atom is -0.378 e. The number of hydrogen-bond acceptors (Lipinski definition) is 4. The first-order chi connectivity index (χ1) is 13.2. The summed E-state index contributed by atoms with van der Waals surface area (Å²) in [4.78, 5) is 0. The predicted octanol–water partition coefficient (Wildman–Crippen LogP) is 3.65. The summed E-state index contributed by atoms with van der Waals surface area (Å²) in [6.45, 7) is 5.00. The Morgan fingerprint density at radius 1 is 1.04 bits per heavy atom. The maximum Gasteiger partial charge on any atom is 0.123 e. The normalized spacial score (nSPS) is 14.8. The van der Waals surface area contributed by atoms with Crippen LogP contribution in [0, 0.1) is 12.7 Å². The number of morpholine rings is 1. The highest BCUT2D eigenvalue weighted by Crippen LogP contribution is 2.23. The molecule has 0 spiro atoms. The molecule has 138 valence electrons. The Hall–Kier alpha value is -2.99. The summed E-state index contributed by atoms with van der Waals surface area (Å²) >= 11 is 0. The first-order valence-electron chi connectivity index (χ1n) is 8.98. The van der Waals surface area contributed by atoms with Crippen molar-refractivity contribution in [2.45, 2.75) is 6.92 Å². The quantitative estimate of drug-likeness (QED) is 0.664. The zero-order valence-electron chi connectivity index (χ0n) is 15.2. The van der Waals surface area contributed by atoms with Gasteiger partial charge in [-0.05, 0) is 31.2 Å². The third-order valence-corrected chi connectivity index (χ3v) is 4.51. The molecule has 0 aliphatic carbocycles. The standard InChI is InChI=1S/C21H21FN4O/c1-16-2-4-17(5-3-16)21-18(14-23-25-10-12-27-13-11-25)15-26(24-21)20-8-6-19(22)7-9-20/h2-9,14-15H,10-13H2,1H3/b23-14-. The van der Waals surface area contributed by atoms with Gasteiger partial charge in [0, 0.05) is 17.3 Å². The van der Waals surface area contributed by atoms with E-state index in [1.165, 1.54) is 17.7 Å². The molecule has 0 N–H and O–H groups in total. The number of ether oxygens (including phenoxy) is 1. The van der Waals surface area contributed by atoms with Crippen LogP contribution in [0.3, 0.4) is 0 Å². The van der Waals surface area contributed by atoms with Gasteiger partial charge in [-0.2, -0.15) is 10.2 Å².